The van der Waals surface area contributed by atoms with Crippen molar-refractivity contribution in [1.29, 1.82) is 0 Å². The van der Waals surface area contributed by atoms with Gasteiger partial charge in [-0.05, 0) is 42.0 Å². The first-order valence-corrected chi connectivity index (χ1v) is 10.8. The van der Waals surface area contributed by atoms with Gasteiger partial charge in [0.1, 0.15) is 18.1 Å². The number of amides is 1. The van der Waals surface area contributed by atoms with E-state index in [2.05, 4.69) is 19.2 Å². The van der Waals surface area contributed by atoms with Gasteiger partial charge in [0.25, 0.3) is 0 Å². The van der Waals surface area contributed by atoms with Crippen molar-refractivity contribution in [2.45, 2.75) is 32.2 Å². The van der Waals surface area contributed by atoms with Crippen LogP contribution in [0.4, 0.5) is 0 Å². The Kier molecular flexibility index (Phi) is 6.62. The summed E-state index contributed by atoms with van der Waals surface area (Å²) < 4.78 is 7.26. The average Bonchev–Trinajstić information content (AvgIpc) is 3.03. The Hall–Kier alpha value is -2.47. The largest absolute Gasteiger partial charge is 0.497 e. The summed E-state index contributed by atoms with van der Waals surface area (Å²) in [5.41, 5.74) is 2.99. The van der Waals surface area contributed by atoms with Crippen LogP contribution in [0.5, 0.6) is 5.75 Å². The lowest BCUT2D eigenvalue weighted by molar-refractivity contribution is -0.122. The molecule has 0 saturated heterocycles. The molecule has 28 heavy (non-hydrogen) atoms. The van der Waals surface area contributed by atoms with E-state index in [1.165, 1.54) is 0 Å². The first-order valence-electron chi connectivity index (χ1n) is 9.40. The molecule has 0 aliphatic rings. The summed E-state index contributed by atoms with van der Waals surface area (Å²) in [7, 11) is 1.65. The van der Waals surface area contributed by atoms with Crippen molar-refractivity contribution in [2.75, 3.05) is 13.4 Å². The van der Waals surface area contributed by atoms with Gasteiger partial charge in [-0.25, -0.2) is 4.98 Å². The van der Waals surface area contributed by atoms with Crippen molar-refractivity contribution >= 4 is 28.7 Å². The molecule has 0 fully saturated rings. The number of rotatable bonds is 8. The fraction of sp³-hybridized carbons (Fsp3) is 0.364. The van der Waals surface area contributed by atoms with E-state index in [0.717, 1.165) is 33.9 Å². The van der Waals surface area contributed by atoms with Crippen LogP contribution < -0.4 is 10.1 Å². The number of fused-ring (bicyclic) bond motifs is 1. The number of nitrogens with one attached hydrogen (secondary N) is 1. The number of aromatic nitrogens is 2. The minimum atomic E-state index is -0.0582. The number of hydrogen-bond donors (Lipinski definition) is 1. The fourth-order valence-electron chi connectivity index (χ4n) is 3.35. The summed E-state index contributed by atoms with van der Waals surface area (Å²) in [6.07, 6.45) is 2.04. The molecule has 1 aromatic heterocycles. The van der Waals surface area contributed by atoms with Crippen LogP contribution in [0, 0.1) is 5.92 Å². The first-order chi connectivity index (χ1) is 13.5. The molecule has 3 aromatic rings. The van der Waals surface area contributed by atoms with Crippen LogP contribution in [0.2, 0.25) is 0 Å². The Balaban J connectivity index is 1.81. The second kappa shape index (κ2) is 9.15. The molecule has 1 unspecified atom stereocenters. The Morgan fingerprint density at radius 1 is 1.18 bits per heavy atom. The van der Waals surface area contributed by atoms with Crippen LogP contribution in [0.1, 0.15) is 31.3 Å². The third-order valence-electron chi connectivity index (χ3n) is 4.77. The van der Waals surface area contributed by atoms with Crippen molar-refractivity contribution in [3.05, 3.63) is 59.9 Å². The minimum absolute atomic E-state index is 0.0139. The van der Waals surface area contributed by atoms with Crippen LogP contribution in [-0.2, 0) is 17.1 Å². The molecular formula is C22H27N3O2S. The average molecular weight is 398 g/mol. The third kappa shape index (κ3) is 4.50. The molecule has 0 aliphatic carbocycles. The topological polar surface area (TPSA) is 56.1 Å². The third-order valence-corrected chi connectivity index (χ3v) is 5.31. The van der Waals surface area contributed by atoms with Crippen molar-refractivity contribution in [1.82, 2.24) is 14.9 Å². The van der Waals surface area contributed by atoms with E-state index in [1.54, 1.807) is 18.9 Å². The van der Waals surface area contributed by atoms with Gasteiger partial charge in [-0.2, -0.15) is 11.8 Å². The molecule has 0 spiro atoms. The van der Waals surface area contributed by atoms with Crippen LogP contribution in [0.3, 0.4) is 0 Å². The van der Waals surface area contributed by atoms with Crippen LogP contribution in [0.15, 0.2) is 48.5 Å². The van der Waals surface area contributed by atoms with Crippen LogP contribution in [-0.4, -0.2) is 28.8 Å². The number of methoxy groups -OCH3 is 1. The van der Waals surface area contributed by atoms with Gasteiger partial charge in [0.2, 0.25) is 5.91 Å². The maximum absolute atomic E-state index is 12.9. The van der Waals surface area contributed by atoms with E-state index in [-0.39, 0.29) is 24.4 Å². The second-order valence-corrected chi connectivity index (χ2v) is 7.96. The summed E-state index contributed by atoms with van der Waals surface area (Å²) >= 11 is 1.70. The molecule has 0 aliphatic heterocycles. The van der Waals surface area contributed by atoms with E-state index >= 15 is 0 Å². The van der Waals surface area contributed by atoms with Gasteiger partial charge in [-0.15, -0.1) is 0 Å². The summed E-state index contributed by atoms with van der Waals surface area (Å²) in [4.78, 5) is 17.6. The van der Waals surface area contributed by atoms with Gasteiger partial charge < -0.3 is 14.6 Å². The molecule has 6 heteroatoms. The molecule has 0 radical (unpaired) electrons. The monoisotopic (exact) mass is 397 g/mol. The lowest BCUT2D eigenvalue weighted by Crippen LogP contribution is -2.34. The van der Waals surface area contributed by atoms with Crippen molar-refractivity contribution in [3.63, 3.8) is 0 Å². The first kappa shape index (κ1) is 20.3. The van der Waals surface area contributed by atoms with Gasteiger partial charge in [0.05, 0.1) is 29.9 Å². The fourth-order valence-corrected chi connectivity index (χ4v) is 3.83. The molecule has 1 atom stereocenters. The highest BCUT2D eigenvalue weighted by atomic mass is 32.2. The standard InChI is InChI=1S/C22H27N3O2S/c1-15(2)22(16-9-11-17(27-3)12-10-16)24-21(26)13-25-19-8-6-5-7-18(19)23-20(25)14-28-4/h5-12,15,22H,13-14H2,1-4H3,(H,24,26). The predicted octanol–water partition coefficient (Wildman–Crippen LogP) is 4.42. The number of carbonyl (C=O) groups is 1. The van der Waals surface area contributed by atoms with E-state index in [4.69, 9.17) is 9.72 Å². The molecule has 0 bridgehead atoms. The highest BCUT2D eigenvalue weighted by Gasteiger charge is 2.20. The SMILES string of the molecule is COc1ccc(C(NC(=O)Cn2c(CSC)nc3ccccc32)C(C)C)cc1. The molecule has 1 heterocycles. The minimum Gasteiger partial charge on any atom is -0.497 e. The molecule has 1 N–H and O–H groups in total. The number of thioether (sulfide) groups is 1. The highest BCUT2D eigenvalue weighted by Crippen LogP contribution is 2.24. The maximum atomic E-state index is 12.9. The van der Waals surface area contributed by atoms with E-state index < -0.39 is 0 Å². The van der Waals surface area contributed by atoms with Gasteiger partial charge in [-0.1, -0.05) is 38.1 Å². The van der Waals surface area contributed by atoms with E-state index in [9.17, 15) is 4.79 Å². The number of ether oxygens (including phenoxy) is 1. The van der Waals surface area contributed by atoms with E-state index in [0.29, 0.717) is 0 Å². The Morgan fingerprint density at radius 2 is 1.89 bits per heavy atom. The summed E-state index contributed by atoms with van der Waals surface area (Å²) in [5.74, 6) is 2.76. The molecule has 2 aromatic carbocycles. The Labute approximate surface area is 170 Å². The number of nitrogens with zero attached hydrogens (tertiary/aromatic N) is 2. The summed E-state index contributed by atoms with van der Waals surface area (Å²) in [5, 5.41) is 3.21. The van der Waals surface area contributed by atoms with E-state index in [1.807, 2.05) is 59.4 Å². The second-order valence-electron chi connectivity index (χ2n) is 7.10. The highest BCUT2D eigenvalue weighted by molar-refractivity contribution is 7.97. The Morgan fingerprint density at radius 3 is 2.54 bits per heavy atom. The number of benzene rings is 2. The summed E-state index contributed by atoms with van der Waals surface area (Å²) in [6.45, 7) is 4.48. The van der Waals surface area contributed by atoms with Crippen molar-refractivity contribution < 1.29 is 9.53 Å². The van der Waals surface area contributed by atoms with Gasteiger partial charge in [0, 0.05) is 0 Å². The quantitative estimate of drug-likeness (QED) is 0.611. The van der Waals surface area contributed by atoms with Gasteiger partial charge in [-0.3, -0.25) is 4.79 Å². The zero-order chi connectivity index (χ0) is 20.1. The zero-order valence-electron chi connectivity index (χ0n) is 16.8. The molecule has 3 rings (SSSR count). The smallest absolute Gasteiger partial charge is 0.240 e. The zero-order valence-corrected chi connectivity index (χ0v) is 17.6. The van der Waals surface area contributed by atoms with Crippen molar-refractivity contribution in [3.8, 4) is 5.75 Å². The van der Waals surface area contributed by atoms with Gasteiger partial charge in [0.15, 0.2) is 0 Å². The predicted molar refractivity (Wildman–Crippen MR) is 116 cm³/mol. The lowest BCUT2D eigenvalue weighted by Gasteiger charge is -2.23. The lowest BCUT2D eigenvalue weighted by atomic mass is 9.96. The summed E-state index contributed by atoms with van der Waals surface area (Å²) in [6, 6.07) is 15.8. The number of hydrogen-bond acceptors (Lipinski definition) is 4. The Bertz CT molecular complexity index is 935. The number of imidazole rings is 1. The molecular weight excluding hydrogens is 370 g/mol. The molecule has 1 amide bonds. The molecule has 0 saturated carbocycles. The van der Waals surface area contributed by atoms with Gasteiger partial charge >= 0.3 is 0 Å². The molecule has 148 valence electrons. The van der Waals surface area contributed by atoms with Crippen LogP contribution >= 0.6 is 11.8 Å². The maximum Gasteiger partial charge on any atom is 0.240 e. The number of para-hydroxylation sites is 2. The normalized spacial score (nSPS) is 12.3. The van der Waals surface area contributed by atoms with Crippen LogP contribution in [0.25, 0.3) is 11.0 Å². The number of carbonyl (C=O) groups excluding carboxylic acids is 1. The van der Waals surface area contributed by atoms with Crippen molar-refractivity contribution in [2.24, 2.45) is 5.92 Å². The molecule has 5 nitrogen and oxygen atoms in total.